The number of hydrogen-bond donors (Lipinski definition) is 1. The van der Waals surface area contributed by atoms with Gasteiger partial charge in [0.05, 0.1) is 11.1 Å². The standard InChI is InChI=1S/C19H15NO5/c1-2-5-16(21)25-11-4-6-12-9-10-15-17-13(12)7-3-8-14(17)18(22)20(24)19(15)23/h3,7-10,24H,2,5,11H2,1H3. The Morgan fingerprint density at radius 3 is 2.60 bits per heavy atom. The molecule has 25 heavy (non-hydrogen) atoms. The van der Waals surface area contributed by atoms with E-state index in [1.165, 1.54) is 6.07 Å². The van der Waals surface area contributed by atoms with Gasteiger partial charge < -0.3 is 4.74 Å². The molecule has 6 nitrogen and oxygen atoms in total. The number of carbonyl (C=O) groups excluding carboxylic acids is 3. The third-order valence-electron chi connectivity index (χ3n) is 3.87. The predicted molar refractivity (Wildman–Crippen MR) is 89.0 cm³/mol. The fourth-order valence-electron chi connectivity index (χ4n) is 2.72. The topological polar surface area (TPSA) is 83.9 Å². The quantitative estimate of drug-likeness (QED) is 0.403. The van der Waals surface area contributed by atoms with Gasteiger partial charge in [-0.2, -0.15) is 0 Å². The number of hydrogen-bond acceptors (Lipinski definition) is 5. The van der Waals surface area contributed by atoms with Crippen LogP contribution >= 0.6 is 0 Å². The van der Waals surface area contributed by atoms with Crippen molar-refractivity contribution in [3.8, 4) is 11.8 Å². The first-order valence-electron chi connectivity index (χ1n) is 7.82. The van der Waals surface area contributed by atoms with Crippen molar-refractivity contribution in [1.29, 1.82) is 0 Å². The Morgan fingerprint density at radius 2 is 1.88 bits per heavy atom. The van der Waals surface area contributed by atoms with Gasteiger partial charge in [-0.15, -0.1) is 5.06 Å². The van der Waals surface area contributed by atoms with Crippen LogP contribution in [-0.4, -0.2) is 34.7 Å². The van der Waals surface area contributed by atoms with Crippen molar-refractivity contribution in [2.45, 2.75) is 19.8 Å². The van der Waals surface area contributed by atoms with Crippen molar-refractivity contribution in [2.75, 3.05) is 6.61 Å². The summed E-state index contributed by atoms with van der Waals surface area (Å²) in [7, 11) is 0. The van der Waals surface area contributed by atoms with Crippen LogP contribution in [0.15, 0.2) is 30.3 Å². The molecule has 1 aliphatic heterocycles. The number of amides is 2. The molecule has 2 amide bonds. The first-order valence-corrected chi connectivity index (χ1v) is 7.82. The third kappa shape index (κ3) is 2.97. The summed E-state index contributed by atoms with van der Waals surface area (Å²) in [6.07, 6.45) is 1.07. The molecule has 0 bridgehead atoms. The Balaban J connectivity index is 1.98. The predicted octanol–water partition coefficient (Wildman–Crippen LogP) is 2.52. The molecule has 0 saturated heterocycles. The highest BCUT2D eigenvalue weighted by molar-refractivity contribution is 6.25. The fraction of sp³-hybridized carbons (Fsp3) is 0.211. The van der Waals surface area contributed by atoms with Crippen LogP contribution in [-0.2, 0) is 9.53 Å². The molecule has 0 fully saturated rings. The molecule has 3 rings (SSSR count). The van der Waals surface area contributed by atoms with Gasteiger partial charge in [-0.05, 0) is 30.0 Å². The van der Waals surface area contributed by atoms with Crippen molar-refractivity contribution in [1.82, 2.24) is 5.06 Å². The van der Waals surface area contributed by atoms with Crippen LogP contribution in [0.4, 0.5) is 0 Å². The van der Waals surface area contributed by atoms with E-state index >= 15 is 0 Å². The summed E-state index contributed by atoms with van der Waals surface area (Å²) in [4.78, 5) is 35.5. The molecule has 2 aromatic rings. The van der Waals surface area contributed by atoms with Gasteiger partial charge in [0, 0.05) is 17.4 Å². The lowest BCUT2D eigenvalue weighted by atomic mass is 9.92. The Bertz CT molecular complexity index is 929. The first kappa shape index (κ1) is 16.7. The maximum absolute atomic E-state index is 12.1. The Morgan fingerprint density at radius 1 is 1.16 bits per heavy atom. The maximum atomic E-state index is 12.1. The molecule has 1 heterocycles. The summed E-state index contributed by atoms with van der Waals surface area (Å²) < 4.78 is 4.98. The van der Waals surface area contributed by atoms with Crippen molar-refractivity contribution in [3.05, 3.63) is 47.0 Å². The summed E-state index contributed by atoms with van der Waals surface area (Å²) in [5, 5.41) is 10.9. The van der Waals surface area contributed by atoms with E-state index in [9.17, 15) is 19.6 Å². The molecular formula is C19H15NO5. The molecule has 1 N–H and O–H groups in total. The highest BCUT2D eigenvalue weighted by Crippen LogP contribution is 2.31. The number of benzene rings is 2. The third-order valence-corrected chi connectivity index (χ3v) is 3.87. The van der Waals surface area contributed by atoms with Crippen LogP contribution in [0.1, 0.15) is 46.0 Å². The van der Waals surface area contributed by atoms with Gasteiger partial charge in [-0.3, -0.25) is 19.6 Å². The van der Waals surface area contributed by atoms with Gasteiger partial charge in [0.25, 0.3) is 11.8 Å². The first-order chi connectivity index (χ1) is 12.0. The zero-order valence-electron chi connectivity index (χ0n) is 13.5. The summed E-state index contributed by atoms with van der Waals surface area (Å²) in [6.45, 7) is 1.86. The van der Waals surface area contributed by atoms with E-state index in [1.54, 1.807) is 24.3 Å². The molecule has 0 aromatic heterocycles. The van der Waals surface area contributed by atoms with E-state index in [0.29, 0.717) is 29.2 Å². The molecule has 0 unspecified atom stereocenters. The number of hydroxylamine groups is 2. The van der Waals surface area contributed by atoms with Gasteiger partial charge >= 0.3 is 5.97 Å². The van der Waals surface area contributed by atoms with Crippen molar-refractivity contribution in [2.24, 2.45) is 0 Å². The number of esters is 1. The SMILES string of the molecule is CCCC(=O)OCC#Cc1ccc2c3c(cccc13)C(=O)N(O)C2=O. The van der Waals surface area contributed by atoms with E-state index in [2.05, 4.69) is 11.8 Å². The van der Waals surface area contributed by atoms with Crippen molar-refractivity contribution in [3.63, 3.8) is 0 Å². The van der Waals surface area contributed by atoms with E-state index in [1.807, 2.05) is 6.92 Å². The van der Waals surface area contributed by atoms with Gasteiger partial charge in [-0.25, -0.2) is 0 Å². The summed E-state index contributed by atoms with van der Waals surface area (Å²) >= 11 is 0. The molecule has 126 valence electrons. The van der Waals surface area contributed by atoms with Crippen LogP contribution in [0.2, 0.25) is 0 Å². The molecule has 0 aliphatic carbocycles. The van der Waals surface area contributed by atoms with Gasteiger partial charge in [0.2, 0.25) is 0 Å². The molecule has 0 saturated carbocycles. The van der Waals surface area contributed by atoms with Crippen LogP contribution < -0.4 is 0 Å². The van der Waals surface area contributed by atoms with Crippen molar-refractivity contribution >= 4 is 28.6 Å². The second kappa shape index (κ2) is 6.75. The lowest BCUT2D eigenvalue weighted by molar-refractivity contribution is -0.142. The Kier molecular flexibility index (Phi) is 4.50. The number of ether oxygens (including phenoxy) is 1. The second-order valence-electron chi connectivity index (χ2n) is 5.52. The van der Waals surface area contributed by atoms with Crippen molar-refractivity contribution < 1.29 is 24.3 Å². The Labute approximate surface area is 143 Å². The lowest BCUT2D eigenvalue weighted by Gasteiger charge is -2.22. The maximum Gasteiger partial charge on any atom is 0.306 e. The fourth-order valence-corrected chi connectivity index (χ4v) is 2.72. The zero-order valence-corrected chi connectivity index (χ0v) is 13.5. The van der Waals surface area contributed by atoms with E-state index in [-0.39, 0.29) is 28.8 Å². The van der Waals surface area contributed by atoms with Gasteiger partial charge in [0.1, 0.15) is 0 Å². The molecular weight excluding hydrogens is 322 g/mol. The minimum atomic E-state index is -0.762. The largest absolute Gasteiger partial charge is 0.452 e. The van der Waals surface area contributed by atoms with E-state index < -0.39 is 11.8 Å². The number of rotatable bonds is 3. The number of nitrogens with zero attached hydrogens (tertiary/aromatic N) is 1. The van der Waals surface area contributed by atoms with E-state index in [4.69, 9.17) is 4.74 Å². The Hall–Kier alpha value is -3.17. The average molecular weight is 337 g/mol. The molecule has 2 aromatic carbocycles. The summed E-state index contributed by atoms with van der Waals surface area (Å²) in [6, 6.07) is 8.13. The van der Waals surface area contributed by atoms with Crippen LogP contribution in [0.5, 0.6) is 0 Å². The van der Waals surface area contributed by atoms with E-state index in [0.717, 1.165) is 0 Å². The lowest BCUT2D eigenvalue weighted by Crippen LogP contribution is -2.37. The summed E-state index contributed by atoms with van der Waals surface area (Å²) in [5.74, 6) is 3.85. The smallest absolute Gasteiger partial charge is 0.306 e. The van der Waals surface area contributed by atoms with Gasteiger partial charge in [-0.1, -0.05) is 30.9 Å². The minimum Gasteiger partial charge on any atom is -0.452 e. The molecule has 0 spiro atoms. The van der Waals surface area contributed by atoms with Crippen LogP contribution in [0.25, 0.3) is 10.8 Å². The number of imide groups is 1. The molecule has 6 heteroatoms. The normalized spacial score (nSPS) is 12.8. The van der Waals surface area contributed by atoms with Crippen LogP contribution in [0.3, 0.4) is 0 Å². The zero-order chi connectivity index (χ0) is 18.0. The monoisotopic (exact) mass is 337 g/mol. The molecule has 1 aliphatic rings. The molecule has 0 radical (unpaired) electrons. The number of carbonyl (C=O) groups is 3. The molecule has 0 atom stereocenters. The summed E-state index contributed by atoms with van der Waals surface area (Å²) in [5.41, 5.74) is 1.10. The highest BCUT2D eigenvalue weighted by Gasteiger charge is 2.32. The highest BCUT2D eigenvalue weighted by atomic mass is 16.5. The second-order valence-corrected chi connectivity index (χ2v) is 5.52. The van der Waals surface area contributed by atoms with Crippen LogP contribution in [0, 0.1) is 11.8 Å². The average Bonchev–Trinajstić information content (AvgIpc) is 2.62. The minimum absolute atomic E-state index is 0.0238. The van der Waals surface area contributed by atoms with Gasteiger partial charge in [0.15, 0.2) is 6.61 Å².